The van der Waals surface area contributed by atoms with Crippen molar-refractivity contribution in [1.82, 2.24) is 0 Å². The van der Waals surface area contributed by atoms with E-state index >= 15 is 0 Å². The third-order valence-electron chi connectivity index (χ3n) is 2.06. The molecule has 0 aliphatic rings. The summed E-state index contributed by atoms with van der Waals surface area (Å²) in [5.74, 6) is -1.13. The Morgan fingerprint density at radius 2 is 1.67 bits per heavy atom. The predicted octanol–water partition coefficient (Wildman–Crippen LogP) is -0.496. The molecule has 3 atom stereocenters. The SMILES string of the molecule is [2H]CO[C@H]([C@@H](O)COC(C)=O)[C@@H](COC(C)=O)OC[2H]. The highest BCUT2D eigenvalue weighted by Gasteiger charge is 2.30. The van der Waals surface area contributed by atoms with Crippen LogP contribution in [0.2, 0.25) is 0 Å². The third-order valence-corrected chi connectivity index (χ3v) is 2.06. The van der Waals surface area contributed by atoms with Crippen molar-refractivity contribution in [2.75, 3.05) is 27.4 Å². The molecule has 0 saturated heterocycles. The Morgan fingerprint density at radius 3 is 2.17 bits per heavy atom. The molecule has 0 saturated carbocycles. The standard InChI is InChI=1S/C11H20O7/c1-7(12)17-5-9(14)11(16-4)10(15-3)6-18-8(2)13/h9-11,14H,5-6H2,1-4H3/t9-,10+,11+/m0/s1/i3D,4D. The van der Waals surface area contributed by atoms with Gasteiger partial charge in [0, 0.05) is 28.0 Å². The highest BCUT2D eigenvalue weighted by molar-refractivity contribution is 5.66. The van der Waals surface area contributed by atoms with E-state index in [4.69, 9.17) is 17.0 Å². The van der Waals surface area contributed by atoms with Crippen molar-refractivity contribution in [3.63, 3.8) is 0 Å². The fourth-order valence-corrected chi connectivity index (χ4v) is 1.20. The zero-order valence-corrected chi connectivity index (χ0v) is 10.5. The highest BCUT2D eigenvalue weighted by Crippen LogP contribution is 2.09. The first-order valence-electron chi connectivity index (χ1n) is 6.60. The fourth-order valence-electron chi connectivity index (χ4n) is 1.20. The Labute approximate surface area is 109 Å². The maximum atomic E-state index is 10.8. The molecule has 0 aromatic rings. The van der Waals surface area contributed by atoms with Crippen LogP contribution < -0.4 is 0 Å². The van der Waals surface area contributed by atoms with Crippen molar-refractivity contribution in [2.45, 2.75) is 32.2 Å². The number of carbonyl (C=O) groups excluding carboxylic acids is 2. The molecule has 0 aromatic heterocycles. The number of aliphatic hydroxyl groups is 1. The van der Waals surface area contributed by atoms with Gasteiger partial charge >= 0.3 is 11.9 Å². The molecule has 18 heavy (non-hydrogen) atoms. The summed E-state index contributed by atoms with van der Waals surface area (Å²) in [6, 6.07) is 0. The van der Waals surface area contributed by atoms with Gasteiger partial charge in [0.2, 0.25) is 0 Å². The second-order valence-corrected chi connectivity index (χ2v) is 3.51. The number of rotatable bonds is 8. The average molecular weight is 266 g/mol. The second kappa shape index (κ2) is 8.84. The lowest BCUT2D eigenvalue weighted by molar-refractivity contribution is -0.161. The zero-order valence-electron chi connectivity index (χ0n) is 12.5. The first kappa shape index (κ1) is 13.3. The van der Waals surface area contributed by atoms with Crippen LogP contribution in [0.3, 0.4) is 0 Å². The normalized spacial score (nSPS) is 17.1. The monoisotopic (exact) mass is 266 g/mol. The summed E-state index contributed by atoms with van der Waals surface area (Å²) in [7, 11) is -0.913. The van der Waals surface area contributed by atoms with E-state index in [9.17, 15) is 14.7 Å². The van der Waals surface area contributed by atoms with Crippen molar-refractivity contribution >= 4 is 11.9 Å². The van der Waals surface area contributed by atoms with Crippen LogP contribution in [0.25, 0.3) is 0 Å². The Bertz CT molecular complexity index is 300. The van der Waals surface area contributed by atoms with Gasteiger partial charge in [-0.05, 0) is 0 Å². The van der Waals surface area contributed by atoms with Crippen LogP contribution in [0.15, 0.2) is 0 Å². The van der Waals surface area contributed by atoms with Crippen molar-refractivity contribution in [3.05, 3.63) is 0 Å². The summed E-state index contributed by atoms with van der Waals surface area (Å²) in [6.45, 7) is 1.80. The highest BCUT2D eigenvalue weighted by atomic mass is 16.6. The van der Waals surface area contributed by atoms with Gasteiger partial charge < -0.3 is 24.1 Å². The topological polar surface area (TPSA) is 91.3 Å². The molecule has 0 amide bonds. The number of carbonyl (C=O) groups is 2. The van der Waals surface area contributed by atoms with E-state index < -0.39 is 44.4 Å². The third kappa shape index (κ3) is 6.53. The molecule has 0 spiro atoms. The van der Waals surface area contributed by atoms with E-state index in [1.54, 1.807) is 0 Å². The molecular formula is C11H20O7. The molecule has 0 fully saturated rings. The van der Waals surface area contributed by atoms with Gasteiger partial charge in [0.15, 0.2) is 0 Å². The molecule has 106 valence electrons. The molecule has 0 rings (SSSR count). The summed E-state index contributed by atoms with van der Waals surface area (Å²) < 4.78 is 33.5. The fraction of sp³-hybridized carbons (Fsp3) is 0.818. The maximum absolute atomic E-state index is 10.8. The molecule has 1 N–H and O–H groups in total. The van der Waals surface area contributed by atoms with Crippen LogP contribution in [0.5, 0.6) is 0 Å². The molecular weight excluding hydrogens is 244 g/mol. The summed E-state index contributed by atoms with van der Waals surface area (Å²) in [6.07, 6.45) is -3.26. The number of aliphatic hydroxyl groups excluding tert-OH is 1. The maximum Gasteiger partial charge on any atom is 0.302 e. The molecule has 0 aromatic carbocycles. The van der Waals surface area contributed by atoms with Crippen LogP contribution in [0.4, 0.5) is 0 Å². The molecule has 0 bridgehead atoms. The van der Waals surface area contributed by atoms with Crippen LogP contribution in [-0.4, -0.2) is 62.7 Å². The first-order chi connectivity index (χ1) is 9.42. The van der Waals surface area contributed by atoms with Gasteiger partial charge in [0.25, 0.3) is 0 Å². The van der Waals surface area contributed by atoms with Crippen LogP contribution >= 0.6 is 0 Å². The molecule has 0 aliphatic carbocycles. The van der Waals surface area contributed by atoms with Crippen molar-refractivity contribution < 1.29 is 36.4 Å². The van der Waals surface area contributed by atoms with Crippen molar-refractivity contribution in [2.24, 2.45) is 0 Å². The predicted molar refractivity (Wildman–Crippen MR) is 60.9 cm³/mol. The molecule has 0 unspecified atom stereocenters. The average Bonchev–Trinajstić information content (AvgIpc) is 2.38. The summed E-state index contributed by atoms with van der Waals surface area (Å²) >= 11 is 0. The first-order valence-corrected chi connectivity index (χ1v) is 5.18. The van der Waals surface area contributed by atoms with Gasteiger partial charge in [-0.25, -0.2) is 0 Å². The van der Waals surface area contributed by atoms with Gasteiger partial charge in [0.1, 0.15) is 31.5 Å². The molecule has 0 heterocycles. The summed E-state index contributed by atoms with van der Waals surface area (Å²) in [4.78, 5) is 21.5. The number of methoxy groups -OCH3 is 2. The largest absolute Gasteiger partial charge is 0.463 e. The lowest BCUT2D eigenvalue weighted by Crippen LogP contribution is -2.45. The summed E-state index contributed by atoms with van der Waals surface area (Å²) in [5, 5.41) is 9.88. The second-order valence-electron chi connectivity index (χ2n) is 3.51. The Balaban J connectivity index is 4.66. The van der Waals surface area contributed by atoms with E-state index in [-0.39, 0.29) is 13.2 Å². The number of ether oxygens (including phenoxy) is 4. The minimum absolute atomic E-state index is 0.240. The van der Waals surface area contributed by atoms with E-state index in [0.29, 0.717) is 0 Å². The molecule has 7 nitrogen and oxygen atoms in total. The van der Waals surface area contributed by atoms with E-state index in [1.165, 1.54) is 13.8 Å². The van der Waals surface area contributed by atoms with Crippen molar-refractivity contribution in [1.29, 1.82) is 0 Å². The number of hydrogen-bond acceptors (Lipinski definition) is 7. The summed E-state index contributed by atoms with van der Waals surface area (Å²) in [5.41, 5.74) is 0. The quantitative estimate of drug-likeness (QED) is 0.592. The van der Waals surface area contributed by atoms with Crippen LogP contribution in [0, 0.1) is 0 Å². The minimum Gasteiger partial charge on any atom is -0.463 e. The van der Waals surface area contributed by atoms with Gasteiger partial charge in [-0.1, -0.05) is 0 Å². The number of esters is 2. The molecule has 0 radical (unpaired) electrons. The molecule has 7 heteroatoms. The van der Waals surface area contributed by atoms with Crippen LogP contribution in [-0.2, 0) is 28.5 Å². The van der Waals surface area contributed by atoms with Gasteiger partial charge in [-0.3, -0.25) is 9.59 Å². The van der Waals surface area contributed by atoms with E-state index in [2.05, 4.69) is 4.74 Å². The van der Waals surface area contributed by atoms with E-state index in [1.807, 2.05) is 0 Å². The van der Waals surface area contributed by atoms with Crippen molar-refractivity contribution in [3.8, 4) is 0 Å². The zero-order chi connectivity index (χ0) is 15.5. The van der Waals surface area contributed by atoms with Gasteiger partial charge in [-0.15, -0.1) is 0 Å². The minimum atomic E-state index is -1.27. The van der Waals surface area contributed by atoms with Gasteiger partial charge in [-0.2, -0.15) is 0 Å². The lowest BCUT2D eigenvalue weighted by atomic mass is 10.1. The Hall–Kier alpha value is -1.18. The Kier molecular flexibility index (Phi) is 6.51. The number of hydrogen-bond donors (Lipinski definition) is 1. The van der Waals surface area contributed by atoms with Gasteiger partial charge in [0.05, 0.1) is 2.74 Å². The van der Waals surface area contributed by atoms with Crippen LogP contribution in [0.1, 0.15) is 16.6 Å². The Morgan fingerprint density at radius 1 is 1.11 bits per heavy atom. The van der Waals surface area contributed by atoms with E-state index in [0.717, 1.165) is 0 Å². The lowest BCUT2D eigenvalue weighted by Gasteiger charge is -2.28. The molecule has 0 aliphatic heterocycles. The smallest absolute Gasteiger partial charge is 0.302 e.